The van der Waals surface area contributed by atoms with Crippen LogP contribution in [0.3, 0.4) is 0 Å². The van der Waals surface area contributed by atoms with Crippen LogP contribution < -0.4 is 0 Å². The van der Waals surface area contributed by atoms with Crippen LogP contribution in [0, 0.1) is 6.92 Å². The Balaban J connectivity index is 1.52. The fourth-order valence-corrected chi connectivity index (χ4v) is 4.02. The van der Waals surface area contributed by atoms with Crippen molar-refractivity contribution < 1.29 is 0 Å². The summed E-state index contributed by atoms with van der Waals surface area (Å²) < 4.78 is 3.77. The number of fused-ring (bicyclic) bond motifs is 1. The molecule has 7 heteroatoms. The molecule has 132 valence electrons. The van der Waals surface area contributed by atoms with Gasteiger partial charge in [-0.2, -0.15) is 14.7 Å². The Hall–Kier alpha value is -3.32. The number of rotatable bonds is 4. The van der Waals surface area contributed by atoms with E-state index in [0.717, 1.165) is 32.7 Å². The highest BCUT2D eigenvalue weighted by Crippen LogP contribution is 2.29. The molecule has 0 saturated heterocycles. The molecule has 0 amide bonds. The molecule has 2 aromatic carbocycles. The van der Waals surface area contributed by atoms with Crippen molar-refractivity contribution >= 4 is 16.3 Å². The van der Waals surface area contributed by atoms with Crippen LogP contribution >= 0.6 is 11.3 Å². The third kappa shape index (κ3) is 2.82. The van der Waals surface area contributed by atoms with Crippen molar-refractivity contribution in [3.63, 3.8) is 0 Å². The van der Waals surface area contributed by atoms with Crippen molar-refractivity contribution in [2.45, 2.75) is 13.3 Å². The SMILES string of the molecule is Cc1c(-c2nn3c(Cc4ccccc4)nnc3s2)cnn1-c1ccccc1. The summed E-state index contributed by atoms with van der Waals surface area (Å²) >= 11 is 1.53. The number of aromatic nitrogens is 6. The molecule has 0 atom stereocenters. The van der Waals surface area contributed by atoms with E-state index in [1.165, 1.54) is 16.9 Å². The standard InChI is InChI=1S/C20H16N6S/c1-14-17(13-21-25(14)16-10-6-3-7-11-16)19-24-26-18(22-23-20(26)27-19)12-15-8-4-2-5-9-15/h2-11,13H,12H2,1H3. The summed E-state index contributed by atoms with van der Waals surface area (Å²) in [5.74, 6) is 0.840. The summed E-state index contributed by atoms with van der Waals surface area (Å²) in [4.78, 5) is 0.794. The van der Waals surface area contributed by atoms with E-state index in [-0.39, 0.29) is 0 Å². The maximum absolute atomic E-state index is 4.76. The monoisotopic (exact) mass is 372 g/mol. The largest absolute Gasteiger partial charge is 0.237 e. The van der Waals surface area contributed by atoms with E-state index in [0.29, 0.717) is 6.42 Å². The maximum atomic E-state index is 4.76. The molecule has 5 aromatic rings. The molecule has 0 spiro atoms. The summed E-state index contributed by atoms with van der Waals surface area (Å²) in [5, 5.41) is 18.8. The maximum Gasteiger partial charge on any atom is 0.234 e. The zero-order valence-corrected chi connectivity index (χ0v) is 15.5. The van der Waals surface area contributed by atoms with E-state index in [2.05, 4.69) is 34.4 Å². The quantitative estimate of drug-likeness (QED) is 0.479. The molecule has 27 heavy (non-hydrogen) atoms. The topological polar surface area (TPSA) is 60.9 Å². The summed E-state index contributed by atoms with van der Waals surface area (Å²) in [6.45, 7) is 2.06. The van der Waals surface area contributed by atoms with Crippen LogP contribution in [-0.2, 0) is 6.42 Å². The van der Waals surface area contributed by atoms with Gasteiger partial charge in [-0.3, -0.25) is 0 Å². The predicted molar refractivity (Wildman–Crippen MR) is 105 cm³/mol. The van der Waals surface area contributed by atoms with E-state index < -0.39 is 0 Å². The van der Waals surface area contributed by atoms with Crippen LogP contribution in [0.1, 0.15) is 17.1 Å². The Morgan fingerprint density at radius 1 is 0.926 bits per heavy atom. The first-order valence-electron chi connectivity index (χ1n) is 8.65. The summed E-state index contributed by atoms with van der Waals surface area (Å²) in [6.07, 6.45) is 2.57. The van der Waals surface area contributed by atoms with E-state index in [1.54, 1.807) is 0 Å². The van der Waals surface area contributed by atoms with Crippen LogP contribution in [0.5, 0.6) is 0 Å². The highest BCUT2D eigenvalue weighted by atomic mass is 32.1. The minimum Gasteiger partial charge on any atom is -0.237 e. The molecule has 0 unspecified atom stereocenters. The molecule has 5 rings (SSSR count). The van der Waals surface area contributed by atoms with E-state index in [4.69, 9.17) is 5.10 Å². The molecule has 3 aromatic heterocycles. The number of nitrogens with zero attached hydrogens (tertiary/aromatic N) is 6. The molecule has 0 aliphatic rings. The summed E-state index contributed by atoms with van der Waals surface area (Å²) in [6, 6.07) is 20.3. The highest BCUT2D eigenvalue weighted by molar-refractivity contribution is 7.19. The Morgan fingerprint density at radius 3 is 2.44 bits per heavy atom. The van der Waals surface area contributed by atoms with Crippen molar-refractivity contribution in [1.29, 1.82) is 0 Å². The number of benzene rings is 2. The van der Waals surface area contributed by atoms with Gasteiger partial charge in [0.2, 0.25) is 4.96 Å². The zero-order chi connectivity index (χ0) is 18.2. The predicted octanol–water partition coefficient (Wildman–Crippen LogP) is 3.94. The second-order valence-electron chi connectivity index (χ2n) is 6.27. The van der Waals surface area contributed by atoms with Gasteiger partial charge in [0.05, 0.1) is 23.1 Å². The van der Waals surface area contributed by atoms with Gasteiger partial charge in [0.1, 0.15) is 0 Å². The Morgan fingerprint density at radius 2 is 1.67 bits per heavy atom. The normalized spacial score (nSPS) is 11.3. The molecule has 0 fully saturated rings. The van der Waals surface area contributed by atoms with Gasteiger partial charge in [-0.15, -0.1) is 10.2 Å². The molecule has 0 radical (unpaired) electrons. The Kier molecular flexibility index (Phi) is 3.79. The zero-order valence-electron chi connectivity index (χ0n) is 14.6. The molecular formula is C20H16N6S. The minimum atomic E-state index is 0.702. The lowest BCUT2D eigenvalue weighted by Gasteiger charge is -2.03. The van der Waals surface area contributed by atoms with Crippen molar-refractivity contribution in [3.8, 4) is 16.3 Å². The van der Waals surface area contributed by atoms with Crippen molar-refractivity contribution in [2.75, 3.05) is 0 Å². The van der Waals surface area contributed by atoms with E-state index in [9.17, 15) is 0 Å². The van der Waals surface area contributed by atoms with Gasteiger partial charge in [-0.1, -0.05) is 59.9 Å². The van der Waals surface area contributed by atoms with Crippen LogP contribution in [0.4, 0.5) is 0 Å². The molecule has 0 saturated carbocycles. The number of hydrogen-bond donors (Lipinski definition) is 0. The smallest absolute Gasteiger partial charge is 0.234 e. The number of para-hydroxylation sites is 1. The van der Waals surface area contributed by atoms with Crippen LogP contribution in [-0.4, -0.2) is 29.6 Å². The molecular weight excluding hydrogens is 356 g/mol. The van der Waals surface area contributed by atoms with Gasteiger partial charge < -0.3 is 0 Å². The summed E-state index contributed by atoms with van der Waals surface area (Å²) in [5.41, 5.74) is 4.29. The summed E-state index contributed by atoms with van der Waals surface area (Å²) in [7, 11) is 0. The second-order valence-corrected chi connectivity index (χ2v) is 7.23. The van der Waals surface area contributed by atoms with Gasteiger partial charge in [-0.25, -0.2) is 4.68 Å². The average molecular weight is 372 g/mol. The lowest BCUT2D eigenvalue weighted by Crippen LogP contribution is -1.99. The highest BCUT2D eigenvalue weighted by Gasteiger charge is 2.17. The average Bonchev–Trinajstić information content (AvgIpc) is 3.39. The van der Waals surface area contributed by atoms with E-state index >= 15 is 0 Å². The third-order valence-electron chi connectivity index (χ3n) is 4.50. The first-order valence-corrected chi connectivity index (χ1v) is 9.47. The van der Waals surface area contributed by atoms with Crippen LogP contribution in [0.25, 0.3) is 21.2 Å². The fourth-order valence-electron chi connectivity index (χ4n) is 3.10. The van der Waals surface area contributed by atoms with Crippen LogP contribution in [0.2, 0.25) is 0 Å². The lowest BCUT2D eigenvalue weighted by atomic mass is 10.1. The minimum absolute atomic E-state index is 0.702. The van der Waals surface area contributed by atoms with Gasteiger partial charge in [0, 0.05) is 6.42 Å². The Labute approximate surface area is 159 Å². The first kappa shape index (κ1) is 15.9. The Bertz CT molecular complexity index is 1200. The van der Waals surface area contributed by atoms with Crippen molar-refractivity contribution in [2.24, 2.45) is 0 Å². The lowest BCUT2D eigenvalue weighted by molar-refractivity contribution is 0.845. The molecule has 0 aliphatic heterocycles. The molecule has 6 nitrogen and oxygen atoms in total. The van der Waals surface area contributed by atoms with Gasteiger partial charge in [0.15, 0.2) is 10.8 Å². The van der Waals surface area contributed by atoms with Crippen LogP contribution in [0.15, 0.2) is 66.9 Å². The fraction of sp³-hybridized carbons (Fsp3) is 0.100. The molecule has 0 bridgehead atoms. The van der Waals surface area contributed by atoms with Crippen molar-refractivity contribution in [1.82, 2.24) is 29.6 Å². The van der Waals surface area contributed by atoms with Gasteiger partial charge >= 0.3 is 0 Å². The van der Waals surface area contributed by atoms with Gasteiger partial charge in [0.25, 0.3) is 0 Å². The molecule has 3 heterocycles. The van der Waals surface area contributed by atoms with Crippen molar-refractivity contribution in [3.05, 3.63) is 83.9 Å². The first-order chi connectivity index (χ1) is 13.3. The number of hydrogen-bond acceptors (Lipinski definition) is 5. The van der Waals surface area contributed by atoms with Gasteiger partial charge in [-0.05, 0) is 24.6 Å². The second kappa shape index (κ2) is 6.44. The molecule has 0 N–H and O–H groups in total. The molecule has 0 aliphatic carbocycles. The van der Waals surface area contributed by atoms with E-state index in [1.807, 2.05) is 63.9 Å². The third-order valence-corrected chi connectivity index (χ3v) is 5.43.